The fraction of sp³-hybridized carbons (Fsp3) is 0.417. The van der Waals surface area contributed by atoms with Crippen molar-refractivity contribution in [2.45, 2.75) is 25.8 Å². The van der Waals surface area contributed by atoms with Crippen LogP contribution in [0.15, 0.2) is 29.6 Å². The van der Waals surface area contributed by atoms with Gasteiger partial charge in [-0.25, -0.2) is 9.80 Å². The zero-order valence-electron chi connectivity index (χ0n) is 9.63. The molecule has 5 nitrogen and oxygen atoms in total. The number of hydrogen-bond acceptors (Lipinski definition) is 4. The molecular weight excluding hydrogens is 220 g/mol. The van der Waals surface area contributed by atoms with Gasteiger partial charge in [0.2, 0.25) is 0 Å². The summed E-state index contributed by atoms with van der Waals surface area (Å²) in [6.45, 7) is 2.05. The highest BCUT2D eigenvalue weighted by molar-refractivity contribution is 5.81. The summed E-state index contributed by atoms with van der Waals surface area (Å²) in [7, 11) is 0. The molecule has 1 unspecified atom stereocenters. The Hall–Kier alpha value is -1.91. The summed E-state index contributed by atoms with van der Waals surface area (Å²) in [5.74, 6) is -0.387. The van der Waals surface area contributed by atoms with Crippen LogP contribution in [-0.2, 0) is 16.0 Å². The fourth-order valence-electron chi connectivity index (χ4n) is 2.09. The molecule has 1 aliphatic heterocycles. The summed E-state index contributed by atoms with van der Waals surface area (Å²) in [5, 5.41) is 4.18. The maximum absolute atomic E-state index is 11.7. The Morgan fingerprint density at radius 3 is 3.00 bits per heavy atom. The van der Waals surface area contributed by atoms with Gasteiger partial charge in [0.1, 0.15) is 0 Å². The molecule has 0 aliphatic carbocycles. The predicted molar refractivity (Wildman–Crippen MR) is 63.5 cm³/mol. The van der Waals surface area contributed by atoms with E-state index in [-0.39, 0.29) is 5.97 Å². The summed E-state index contributed by atoms with van der Waals surface area (Å²) in [5.41, 5.74) is 1.74. The van der Waals surface area contributed by atoms with Crippen molar-refractivity contribution in [2.24, 2.45) is 5.29 Å². The third-order valence-corrected chi connectivity index (χ3v) is 2.87. The first kappa shape index (κ1) is 11.6. The number of nitrogens with zero attached hydrogens (tertiary/aromatic N) is 2. The summed E-state index contributed by atoms with van der Waals surface area (Å²) < 4.78 is 4.95. The number of benzene rings is 1. The minimum absolute atomic E-state index is 0.309. The monoisotopic (exact) mass is 234 g/mol. The molecule has 1 atom stereocenters. The second kappa shape index (κ2) is 4.95. The van der Waals surface area contributed by atoms with Crippen LogP contribution in [0.1, 0.15) is 18.9 Å². The number of anilines is 1. The number of fused-ring (bicyclic) bond motifs is 1. The van der Waals surface area contributed by atoms with Gasteiger partial charge in [0.05, 0.1) is 17.6 Å². The molecule has 0 spiro atoms. The normalized spacial score (nSPS) is 18.4. The maximum atomic E-state index is 11.7. The number of rotatable bonds is 3. The molecule has 0 bridgehead atoms. The number of carbonyl (C=O) groups excluding carboxylic acids is 1. The first-order chi connectivity index (χ1) is 8.27. The van der Waals surface area contributed by atoms with Crippen LogP contribution in [0.5, 0.6) is 0 Å². The average molecular weight is 234 g/mol. The van der Waals surface area contributed by atoms with E-state index in [9.17, 15) is 9.70 Å². The van der Waals surface area contributed by atoms with Gasteiger partial charge in [-0.1, -0.05) is 18.2 Å². The number of hydrogen-bond donors (Lipinski definition) is 0. The molecule has 1 aromatic rings. The van der Waals surface area contributed by atoms with Gasteiger partial charge in [-0.05, 0) is 31.4 Å². The molecule has 1 aliphatic rings. The highest BCUT2D eigenvalue weighted by Crippen LogP contribution is 2.31. The quantitative estimate of drug-likeness (QED) is 0.593. The highest BCUT2D eigenvalue weighted by atomic mass is 16.5. The van der Waals surface area contributed by atoms with Crippen LogP contribution in [0.3, 0.4) is 0 Å². The van der Waals surface area contributed by atoms with Crippen LogP contribution in [0.2, 0.25) is 0 Å². The highest BCUT2D eigenvalue weighted by Gasteiger charge is 2.33. The van der Waals surface area contributed by atoms with Crippen molar-refractivity contribution in [1.29, 1.82) is 0 Å². The molecule has 90 valence electrons. The van der Waals surface area contributed by atoms with Crippen molar-refractivity contribution in [3.63, 3.8) is 0 Å². The van der Waals surface area contributed by atoms with Crippen molar-refractivity contribution in [3.8, 4) is 0 Å². The lowest BCUT2D eigenvalue weighted by atomic mass is 9.97. The van der Waals surface area contributed by atoms with E-state index in [0.717, 1.165) is 12.0 Å². The van der Waals surface area contributed by atoms with E-state index in [1.807, 2.05) is 18.2 Å². The first-order valence-corrected chi connectivity index (χ1v) is 5.65. The number of nitroso groups, excluding NO2 is 1. The zero-order chi connectivity index (χ0) is 12.3. The summed E-state index contributed by atoms with van der Waals surface area (Å²) in [6.07, 6.45) is 1.31. The lowest BCUT2D eigenvalue weighted by Crippen LogP contribution is -2.42. The Bertz CT molecular complexity index is 434. The van der Waals surface area contributed by atoms with Gasteiger partial charge in [-0.2, -0.15) is 0 Å². The molecule has 17 heavy (non-hydrogen) atoms. The van der Waals surface area contributed by atoms with Crippen molar-refractivity contribution in [2.75, 3.05) is 11.6 Å². The third-order valence-electron chi connectivity index (χ3n) is 2.87. The molecule has 0 aromatic heterocycles. The Kier molecular flexibility index (Phi) is 3.37. The van der Waals surface area contributed by atoms with Gasteiger partial charge >= 0.3 is 5.97 Å². The summed E-state index contributed by atoms with van der Waals surface area (Å²) in [4.78, 5) is 22.6. The van der Waals surface area contributed by atoms with Gasteiger partial charge in [0.25, 0.3) is 0 Å². The molecule has 0 N–H and O–H groups in total. The molecule has 0 saturated heterocycles. The van der Waals surface area contributed by atoms with Crippen LogP contribution in [0, 0.1) is 4.91 Å². The van der Waals surface area contributed by atoms with Crippen molar-refractivity contribution in [1.82, 2.24) is 0 Å². The minimum atomic E-state index is -0.595. The number of aryl methyl sites for hydroxylation is 1. The van der Waals surface area contributed by atoms with Crippen LogP contribution >= 0.6 is 0 Å². The lowest BCUT2D eigenvalue weighted by molar-refractivity contribution is -0.145. The van der Waals surface area contributed by atoms with E-state index < -0.39 is 6.04 Å². The van der Waals surface area contributed by atoms with Gasteiger partial charge in [0, 0.05) is 0 Å². The molecule has 1 aromatic carbocycles. The van der Waals surface area contributed by atoms with Crippen molar-refractivity contribution < 1.29 is 9.53 Å². The second-order valence-electron chi connectivity index (χ2n) is 3.86. The van der Waals surface area contributed by atoms with Gasteiger partial charge in [0.15, 0.2) is 6.04 Å². The van der Waals surface area contributed by atoms with E-state index in [1.165, 1.54) is 5.01 Å². The Balaban J connectivity index is 2.29. The lowest BCUT2D eigenvalue weighted by Gasteiger charge is -2.30. The third kappa shape index (κ3) is 2.13. The van der Waals surface area contributed by atoms with E-state index in [1.54, 1.807) is 13.0 Å². The largest absolute Gasteiger partial charge is 0.464 e. The molecule has 1 heterocycles. The SMILES string of the molecule is CCOC(=O)C1CCc2ccccc2N1N=O. The standard InChI is InChI=1S/C12H14N2O3/c1-2-17-12(15)11-8-7-9-5-3-4-6-10(9)14(11)13-16/h3-6,11H,2,7-8H2,1H3. The predicted octanol–water partition coefficient (Wildman–Crippen LogP) is 2.05. The number of para-hydroxylation sites is 1. The van der Waals surface area contributed by atoms with Crippen LogP contribution in [0.25, 0.3) is 0 Å². The summed E-state index contributed by atoms with van der Waals surface area (Å²) in [6, 6.07) is 6.87. The second-order valence-corrected chi connectivity index (χ2v) is 3.86. The van der Waals surface area contributed by atoms with Gasteiger partial charge < -0.3 is 4.74 Å². The molecule has 2 rings (SSSR count). The number of ether oxygens (including phenoxy) is 1. The molecule has 0 amide bonds. The number of carbonyl (C=O) groups is 1. The van der Waals surface area contributed by atoms with E-state index in [2.05, 4.69) is 5.29 Å². The molecular formula is C12H14N2O3. The van der Waals surface area contributed by atoms with Gasteiger partial charge in [-0.3, -0.25) is 0 Å². The van der Waals surface area contributed by atoms with Gasteiger partial charge in [-0.15, -0.1) is 4.91 Å². The van der Waals surface area contributed by atoms with E-state index >= 15 is 0 Å². The average Bonchev–Trinajstić information content (AvgIpc) is 2.37. The van der Waals surface area contributed by atoms with Crippen molar-refractivity contribution >= 4 is 11.7 Å². The topological polar surface area (TPSA) is 59.0 Å². The van der Waals surface area contributed by atoms with Crippen LogP contribution in [-0.4, -0.2) is 18.6 Å². The molecule has 0 fully saturated rings. The Morgan fingerprint density at radius 1 is 1.53 bits per heavy atom. The molecule has 5 heteroatoms. The first-order valence-electron chi connectivity index (χ1n) is 5.65. The number of esters is 1. The smallest absolute Gasteiger partial charge is 0.331 e. The molecule has 0 saturated carbocycles. The Morgan fingerprint density at radius 2 is 2.29 bits per heavy atom. The fourth-order valence-corrected chi connectivity index (χ4v) is 2.09. The van der Waals surface area contributed by atoms with Crippen LogP contribution in [0.4, 0.5) is 5.69 Å². The maximum Gasteiger partial charge on any atom is 0.331 e. The Labute approximate surface area is 99.3 Å². The molecule has 0 radical (unpaired) electrons. The minimum Gasteiger partial charge on any atom is -0.464 e. The van der Waals surface area contributed by atoms with Crippen molar-refractivity contribution in [3.05, 3.63) is 34.7 Å². The van der Waals surface area contributed by atoms with E-state index in [0.29, 0.717) is 18.7 Å². The van der Waals surface area contributed by atoms with Crippen LogP contribution < -0.4 is 5.01 Å². The zero-order valence-corrected chi connectivity index (χ0v) is 9.63. The summed E-state index contributed by atoms with van der Waals surface area (Å²) >= 11 is 0. The van der Waals surface area contributed by atoms with E-state index in [4.69, 9.17) is 4.74 Å².